The summed E-state index contributed by atoms with van der Waals surface area (Å²) >= 11 is 0. The quantitative estimate of drug-likeness (QED) is 0.901. The summed E-state index contributed by atoms with van der Waals surface area (Å²) in [4.78, 5) is 12.2. The van der Waals surface area contributed by atoms with E-state index in [1.807, 2.05) is 39.0 Å². The lowest BCUT2D eigenvalue weighted by Gasteiger charge is -2.16. The van der Waals surface area contributed by atoms with Crippen LogP contribution in [0.3, 0.4) is 0 Å². The van der Waals surface area contributed by atoms with Gasteiger partial charge in [-0.1, -0.05) is 30.3 Å². The van der Waals surface area contributed by atoms with Gasteiger partial charge in [-0.25, -0.2) is 0 Å². The number of hydrogen-bond donors (Lipinski definition) is 1. The van der Waals surface area contributed by atoms with Crippen LogP contribution in [0.15, 0.2) is 36.4 Å². The first kappa shape index (κ1) is 16.6. The number of rotatable bonds is 5. The number of nitrogens with one attached hydrogen (secondary N) is 1. The number of hydrogen-bond acceptors (Lipinski definition) is 2. The van der Waals surface area contributed by atoms with E-state index in [0.29, 0.717) is 0 Å². The van der Waals surface area contributed by atoms with E-state index in [9.17, 15) is 4.79 Å². The van der Waals surface area contributed by atoms with Crippen LogP contribution >= 0.6 is 0 Å². The summed E-state index contributed by atoms with van der Waals surface area (Å²) in [5.74, 6) is 0.680. The molecule has 1 N–H and O–H groups in total. The number of carbonyl (C=O) groups is 1. The van der Waals surface area contributed by atoms with Crippen molar-refractivity contribution in [1.82, 2.24) is 5.32 Å². The lowest BCUT2D eigenvalue weighted by atomic mass is 10.0. The van der Waals surface area contributed by atoms with E-state index < -0.39 is 0 Å². The average molecular weight is 323 g/mol. The van der Waals surface area contributed by atoms with Crippen molar-refractivity contribution in [2.45, 2.75) is 46.1 Å². The Morgan fingerprint density at radius 3 is 2.75 bits per heavy atom. The zero-order valence-corrected chi connectivity index (χ0v) is 14.7. The number of aryl methyl sites for hydroxylation is 4. The molecule has 3 heteroatoms. The molecule has 126 valence electrons. The molecule has 0 bridgehead atoms. The molecule has 1 amide bonds. The van der Waals surface area contributed by atoms with Crippen molar-refractivity contribution in [3.05, 3.63) is 64.2 Å². The summed E-state index contributed by atoms with van der Waals surface area (Å²) in [7, 11) is 0. The van der Waals surface area contributed by atoms with E-state index in [1.165, 1.54) is 24.0 Å². The van der Waals surface area contributed by atoms with Crippen LogP contribution in [0.2, 0.25) is 0 Å². The topological polar surface area (TPSA) is 38.3 Å². The highest BCUT2D eigenvalue weighted by molar-refractivity contribution is 5.78. The molecule has 0 fully saturated rings. The first-order valence-electron chi connectivity index (χ1n) is 8.64. The molecule has 1 aliphatic carbocycles. The van der Waals surface area contributed by atoms with Crippen LogP contribution in [0.1, 0.15) is 47.2 Å². The maximum Gasteiger partial charge on any atom is 0.258 e. The van der Waals surface area contributed by atoms with Gasteiger partial charge in [0.2, 0.25) is 0 Å². The highest BCUT2D eigenvalue weighted by Crippen LogP contribution is 2.25. The van der Waals surface area contributed by atoms with Crippen molar-refractivity contribution < 1.29 is 9.53 Å². The van der Waals surface area contributed by atoms with Crippen LogP contribution in [-0.2, 0) is 17.6 Å². The monoisotopic (exact) mass is 323 g/mol. The molecule has 1 aliphatic rings. The Labute approximate surface area is 144 Å². The van der Waals surface area contributed by atoms with E-state index >= 15 is 0 Å². The lowest BCUT2D eigenvalue weighted by molar-refractivity contribution is -0.123. The molecule has 0 unspecified atom stereocenters. The minimum Gasteiger partial charge on any atom is -0.483 e. The molecule has 2 aromatic rings. The normalized spacial score (nSPS) is 14.1. The third kappa shape index (κ3) is 3.78. The van der Waals surface area contributed by atoms with Gasteiger partial charge < -0.3 is 10.1 Å². The predicted molar refractivity (Wildman–Crippen MR) is 96.4 cm³/mol. The van der Waals surface area contributed by atoms with Crippen molar-refractivity contribution in [2.24, 2.45) is 0 Å². The minimum atomic E-state index is -0.0936. The first-order chi connectivity index (χ1) is 11.5. The molecule has 3 nitrogen and oxygen atoms in total. The van der Waals surface area contributed by atoms with Gasteiger partial charge >= 0.3 is 0 Å². The molecule has 1 atom stereocenters. The molecule has 0 saturated carbocycles. The van der Waals surface area contributed by atoms with Crippen LogP contribution in [-0.4, -0.2) is 12.5 Å². The Balaban J connectivity index is 1.57. The third-order valence-electron chi connectivity index (χ3n) is 4.70. The Kier molecular flexibility index (Phi) is 4.89. The van der Waals surface area contributed by atoms with Crippen molar-refractivity contribution in [3.63, 3.8) is 0 Å². The first-order valence-corrected chi connectivity index (χ1v) is 8.64. The zero-order chi connectivity index (χ0) is 17.1. The molecule has 0 saturated heterocycles. The van der Waals surface area contributed by atoms with Crippen molar-refractivity contribution >= 4 is 5.91 Å². The second-order valence-electron chi connectivity index (χ2n) is 6.73. The smallest absolute Gasteiger partial charge is 0.258 e. The fourth-order valence-corrected chi connectivity index (χ4v) is 3.23. The number of ether oxygens (including phenoxy) is 1. The second-order valence-corrected chi connectivity index (χ2v) is 6.73. The van der Waals surface area contributed by atoms with Gasteiger partial charge in [-0.2, -0.15) is 0 Å². The fourth-order valence-electron chi connectivity index (χ4n) is 3.23. The van der Waals surface area contributed by atoms with E-state index in [2.05, 4.69) is 23.5 Å². The molecule has 0 heterocycles. The van der Waals surface area contributed by atoms with Gasteiger partial charge in [-0.05, 0) is 73.9 Å². The molecule has 0 aromatic heterocycles. The summed E-state index contributed by atoms with van der Waals surface area (Å²) in [5, 5.41) is 3.03. The number of benzene rings is 2. The summed E-state index contributed by atoms with van der Waals surface area (Å²) in [6.45, 7) is 6.06. The summed E-state index contributed by atoms with van der Waals surface area (Å²) < 4.78 is 5.68. The van der Waals surface area contributed by atoms with Gasteiger partial charge in [0, 0.05) is 0 Å². The molecule has 3 rings (SSSR count). The highest BCUT2D eigenvalue weighted by atomic mass is 16.5. The molecule has 24 heavy (non-hydrogen) atoms. The Hall–Kier alpha value is -2.29. The Morgan fingerprint density at radius 2 is 1.92 bits per heavy atom. The number of carbonyl (C=O) groups excluding carboxylic acids is 1. The summed E-state index contributed by atoms with van der Waals surface area (Å²) in [5.41, 5.74) is 6.22. The maximum absolute atomic E-state index is 12.2. The molecule has 0 aliphatic heterocycles. The molecular formula is C21H25NO2. The third-order valence-corrected chi connectivity index (χ3v) is 4.70. The number of fused-ring (bicyclic) bond motifs is 1. The van der Waals surface area contributed by atoms with Gasteiger partial charge in [0.25, 0.3) is 5.91 Å². The molecule has 0 radical (unpaired) electrons. The predicted octanol–water partition coefficient (Wildman–Crippen LogP) is 4.05. The summed E-state index contributed by atoms with van der Waals surface area (Å²) in [6.07, 6.45) is 3.57. The van der Waals surface area contributed by atoms with Gasteiger partial charge in [-0.3, -0.25) is 4.79 Å². The fraction of sp³-hybridized carbons (Fsp3) is 0.381. The molecule has 2 aromatic carbocycles. The summed E-state index contributed by atoms with van der Waals surface area (Å²) in [6, 6.07) is 12.6. The van der Waals surface area contributed by atoms with Crippen LogP contribution in [0.5, 0.6) is 5.75 Å². The van der Waals surface area contributed by atoms with Gasteiger partial charge in [-0.15, -0.1) is 0 Å². The largest absolute Gasteiger partial charge is 0.483 e. The van der Waals surface area contributed by atoms with E-state index in [4.69, 9.17) is 4.74 Å². The minimum absolute atomic E-state index is 0.00870. The van der Waals surface area contributed by atoms with Crippen molar-refractivity contribution in [2.75, 3.05) is 6.61 Å². The Morgan fingerprint density at radius 1 is 1.12 bits per heavy atom. The van der Waals surface area contributed by atoms with Crippen LogP contribution < -0.4 is 10.1 Å². The Bertz CT molecular complexity index is 751. The van der Waals surface area contributed by atoms with Crippen LogP contribution in [0.4, 0.5) is 0 Å². The zero-order valence-electron chi connectivity index (χ0n) is 14.7. The highest BCUT2D eigenvalue weighted by Gasteiger charge is 2.15. The van der Waals surface area contributed by atoms with E-state index in [-0.39, 0.29) is 18.6 Å². The van der Waals surface area contributed by atoms with Gasteiger partial charge in [0.15, 0.2) is 6.61 Å². The number of amides is 1. The van der Waals surface area contributed by atoms with E-state index in [1.54, 1.807) is 0 Å². The van der Waals surface area contributed by atoms with Gasteiger partial charge in [0.1, 0.15) is 5.75 Å². The maximum atomic E-state index is 12.2. The average Bonchev–Trinajstić information content (AvgIpc) is 3.03. The van der Waals surface area contributed by atoms with Gasteiger partial charge in [0.05, 0.1) is 6.04 Å². The van der Waals surface area contributed by atoms with Crippen molar-refractivity contribution in [1.29, 1.82) is 0 Å². The van der Waals surface area contributed by atoms with Crippen LogP contribution in [0.25, 0.3) is 0 Å². The van der Waals surface area contributed by atoms with Crippen LogP contribution in [0, 0.1) is 13.8 Å². The van der Waals surface area contributed by atoms with E-state index in [0.717, 1.165) is 28.9 Å². The second kappa shape index (κ2) is 7.08. The van der Waals surface area contributed by atoms with Crippen molar-refractivity contribution in [3.8, 4) is 5.75 Å². The SMILES string of the molecule is Cc1ccc(C)c(OCC(=O)N[C@H](C)c2ccc3c(c2)CCC3)c1. The molecular weight excluding hydrogens is 298 g/mol. The molecule has 0 spiro atoms. The standard InChI is InChI=1S/C21H25NO2/c1-14-7-8-15(2)20(11-14)24-13-21(23)22-16(3)18-10-9-17-5-4-6-19(17)12-18/h7-12,16H,4-6,13H2,1-3H3,(H,22,23)/t16-/m1/s1. The lowest BCUT2D eigenvalue weighted by Crippen LogP contribution is -2.31.